The van der Waals surface area contributed by atoms with E-state index in [4.69, 9.17) is 24.5 Å². The van der Waals surface area contributed by atoms with Crippen LogP contribution in [-0.4, -0.2) is 146 Å². The zero-order chi connectivity index (χ0) is 63.1. The molecular weight excluding hydrogens is 1220 g/mol. The lowest BCUT2D eigenvalue weighted by atomic mass is 9.96. The van der Waals surface area contributed by atoms with Crippen LogP contribution in [0.1, 0.15) is 48.9 Å². The van der Waals surface area contributed by atoms with Crippen LogP contribution in [0.4, 0.5) is 46.8 Å². The van der Waals surface area contributed by atoms with Gasteiger partial charge >= 0.3 is 24.3 Å². The van der Waals surface area contributed by atoms with Crippen LogP contribution in [0.5, 0.6) is 0 Å². The molecule has 0 saturated carbocycles. The second-order valence-electron chi connectivity index (χ2n) is 22.1. The van der Waals surface area contributed by atoms with Crippen molar-refractivity contribution in [2.75, 3.05) is 54.1 Å². The molecule has 4 aliphatic heterocycles. The Morgan fingerprint density at radius 1 is 0.750 bits per heavy atom. The highest BCUT2D eigenvalue weighted by molar-refractivity contribution is 7.99. The number of halogens is 8. The molecule has 0 aromatic carbocycles. The van der Waals surface area contributed by atoms with Crippen LogP contribution in [0.15, 0.2) is 84.2 Å². The summed E-state index contributed by atoms with van der Waals surface area (Å²) in [7, 11) is -1.15. The van der Waals surface area contributed by atoms with Gasteiger partial charge < -0.3 is 34.3 Å². The van der Waals surface area contributed by atoms with E-state index >= 15 is 0 Å². The molecule has 2 fully saturated rings. The van der Waals surface area contributed by atoms with Crippen molar-refractivity contribution in [2.24, 2.45) is 11.8 Å². The molecule has 12 heterocycles. The molecular formula is C56H58F8N16O5S2Si. The number of anilines is 2. The Balaban J connectivity index is 0.000000175. The van der Waals surface area contributed by atoms with Gasteiger partial charge in [-0.3, -0.25) is 9.36 Å². The Morgan fingerprint density at radius 3 is 1.72 bits per heavy atom. The van der Waals surface area contributed by atoms with E-state index < -0.39 is 32.4 Å². The van der Waals surface area contributed by atoms with Gasteiger partial charge in [0.15, 0.2) is 23.3 Å². The Labute approximate surface area is 507 Å². The summed E-state index contributed by atoms with van der Waals surface area (Å²) in [5.41, 5.74) is 6.95. The molecule has 32 heteroatoms. The summed E-state index contributed by atoms with van der Waals surface area (Å²) in [4.78, 5) is 52.0. The summed E-state index contributed by atoms with van der Waals surface area (Å²) in [6.45, 7) is 10.9. The summed E-state index contributed by atoms with van der Waals surface area (Å²) in [6, 6.07) is 12.8. The highest BCUT2D eigenvalue weighted by atomic mass is 32.2. The number of ether oxygens (including phenoxy) is 1. The Bertz CT molecular complexity index is 3850. The molecule has 4 atom stereocenters. The molecule has 0 spiro atoms. The number of hydrogen-bond acceptors (Lipinski definition) is 17. The smallest absolute Gasteiger partial charge is 0.475 e. The fourth-order valence-corrected chi connectivity index (χ4v) is 13.3. The standard InChI is InChI=1S/C29H35FN8OSSi.C23H21FN8S.2C2HF3O2/c1-41(2,3)13-11-39-19-37-10-6-23-26(32-18-33-27(23)37)22-15-34-38(17-22)25(4-8-31)21-5-9-36(16-21)28-24(30)14-20-7-12-40-29(20)35-28;24-18-9-14-4-8-33-23(14)30-22(18)31-7-3-15(11-31)19(1-5-25)32-12-16(10-29-32)20-17-2-6-26-21(17)28-13-27-20;2*3-2(4,5)1(6)7/h6,10,14-15,17-18,21,25H,4-5,7,9,11-13,16,19H2,1-3H3;2,6,9-10,12-13,15,19H,1,3-4,7-8,11H2,(H,26,27,28);2*(H,6,7)/t21-,25?;15-,19-;;/m00../s1. The summed E-state index contributed by atoms with van der Waals surface area (Å²) < 4.78 is 105. The number of aromatic nitrogens is 12. The van der Waals surface area contributed by atoms with E-state index in [1.54, 1.807) is 54.4 Å². The van der Waals surface area contributed by atoms with Gasteiger partial charge in [0.2, 0.25) is 0 Å². The number of rotatable bonds is 15. The minimum absolute atomic E-state index is 0.107. The minimum atomic E-state index is -5.08. The van der Waals surface area contributed by atoms with Gasteiger partial charge in [-0.05, 0) is 67.1 Å². The number of carboxylic acid groups (broad SMARTS) is 2. The summed E-state index contributed by atoms with van der Waals surface area (Å²) in [5, 5.41) is 46.5. The van der Waals surface area contributed by atoms with Crippen molar-refractivity contribution >= 4 is 77.2 Å². The molecule has 4 aliphatic rings. The topological polar surface area (TPSA) is 272 Å². The predicted octanol–water partition coefficient (Wildman–Crippen LogP) is 11.0. The first kappa shape index (κ1) is 64.3. The Hall–Kier alpha value is -8.20. The van der Waals surface area contributed by atoms with Crippen molar-refractivity contribution in [1.82, 2.24) is 59.0 Å². The summed E-state index contributed by atoms with van der Waals surface area (Å²) in [5.74, 6) is -2.95. The van der Waals surface area contributed by atoms with E-state index in [2.05, 4.69) is 76.9 Å². The van der Waals surface area contributed by atoms with Crippen molar-refractivity contribution < 1.29 is 59.7 Å². The van der Waals surface area contributed by atoms with Crippen LogP contribution < -0.4 is 9.80 Å². The van der Waals surface area contributed by atoms with Crippen LogP contribution in [0, 0.1) is 46.1 Å². The molecule has 464 valence electrons. The third kappa shape index (κ3) is 15.4. The Kier molecular flexibility index (Phi) is 20.1. The van der Waals surface area contributed by atoms with E-state index in [-0.39, 0.29) is 35.6 Å². The lowest BCUT2D eigenvalue weighted by Gasteiger charge is -2.23. The lowest BCUT2D eigenvalue weighted by molar-refractivity contribution is -0.193. The zero-order valence-electron chi connectivity index (χ0n) is 47.5. The van der Waals surface area contributed by atoms with Gasteiger partial charge in [0.05, 0.1) is 60.8 Å². The van der Waals surface area contributed by atoms with E-state index in [1.807, 2.05) is 60.7 Å². The monoisotopic (exact) mass is 1280 g/mol. The number of alkyl halides is 6. The molecule has 12 rings (SSSR count). The number of nitrogens with one attached hydrogen (secondary N) is 1. The maximum Gasteiger partial charge on any atom is 0.490 e. The van der Waals surface area contributed by atoms with Crippen LogP contribution in [-0.2, 0) is 33.9 Å². The second kappa shape index (κ2) is 27.5. The average Bonchev–Trinajstić information content (AvgIpc) is 2.34. The first-order chi connectivity index (χ1) is 41.9. The van der Waals surface area contributed by atoms with Crippen LogP contribution in [0.2, 0.25) is 25.7 Å². The molecule has 0 amide bonds. The number of hydrogen-bond donors (Lipinski definition) is 3. The fourth-order valence-electron chi connectivity index (χ4n) is 10.6. The number of pyridine rings is 2. The third-order valence-electron chi connectivity index (χ3n) is 15.0. The number of thioether (sulfide) groups is 2. The number of nitrogens with zero attached hydrogens (tertiary/aromatic N) is 15. The molecule has 3 N–H and O–H groups in total. The molecule has 21 nitrogen and oxygen atoms in total. The first-order valence-corrected chi connectivity index (χ1v) is 33.3. The molecule has 0 bridgehead atoms. The lowest BCUT2D eigenvalue weighted by Crippen LogP contribution is -2.26. The van der Waals surface area contributed by atoms with Crippen LogP contribution in [0.3, 0.4) is 0 Å². The predicted molar refractivity (Wildman–Crippen MR) is 312 cm³/mol. The van der Waals surface area contributed by atoms with Gasteiger partial charge in [0, 0.05) is 111 Å². The van der Waals surface area contributed by atoms with Crippen LogP contribution in [0.25, 0.3) is 44.6 Å². The zero-order valence-corrected chi connectivity index (χ0v) is 50.1. The van der Waals surface area contributed by atoms with E-state index in [0.717, 1.165) is 116 Å². The van der Waals surface area contributed by atoms with Gasteiger partial charge in [-0.2, -0.15) is 47.1 Å². The number of carbonyl (C=O) groups is 2. The van der Waals surface area contributed by atoms with E-state index in [9.17, 15) is 45.6 Å². The number of carboxylic acids is 2. The maximum absolute atomic E-state index is 14.9. The van der Waals surface area contributed by atoms with Crippen molar-refractivity contribution in [3.8, 4) is 34.7 Å². The fraction of sp³-hybridized carbons (Fsp3) is 0.429. The van der Waals surface area contributed by atoms with E-state index in [1.165, 1.54) is 6.33 Å². The Morgan fingerprint density at radius 2 is 1.24 bits per heavy atom. The van der Waals surface area contributed by atoms with Gasteiger partial charge in [-0.1, -0.05) is 19.6 Å². The maximum atomic E-state index is 14.9. The molecule has 8 aromatic heterocycles. The summed E-state index contributed by atoms with van der Waals surface area (Å²) in [6.07, 6.45) is 8.35. The van der Waals surface area contributed by atoms with Gasteiger partial charge in [-0.25, -0.2) is 48.3 Å². The number of aromatic amines is 1. The first-order valence-electron chi connectivity index (χ1n) is 27.6. The number of fused-ring (bicyclic) bond motifs is 4. The van der Waals surface area contributed by atoms with Gasteiger partial charge in [0.25, 0.3) is 0 Å². The highest BCUT2D eigenvalue weighted by Gasteiger charge is 2.40. The molecule has 8 aromatic rings. The third-order valence-corrected chi connectivity index (χ3v) is 18.8. The quantitative estimate of drug-likeness (QED) is 0.0489. The highest BCUT2D eigenvalue weighted by Crippen LogP contribution is 2.40. The number of H-pyrrole nitrogens is 1. The van der Waals surface area contributed by atoms with E-state index in [0.29, 0.717) is 57.4 Å². The van der Waals surface area contributed by atoms with Gasteiger partial charge in [0.1, 0.15) is 40.7 Å². The second-order valence-corrected chi connectivity index (χ2v) is 29.9. The van der Waals surface area contributed by atoms with Crippen molar-refractivity contribution in [1.29, 1.82) is 10.5 Å². The number of nitriles is 2. The number of aliphatic carboxylic acids is 2. The molecule has 0 radical (unpaired) electrons. The average molecular weight is 1280 g/mol. The van der Waals surface area contributed by atoms with Crippen molar-refractivity contribution in [2.45, 2.75) is 105 Å². The molecule has 2 saturated heterocycles. The van der Waals surface area contributed by atoms with Crippen molar-refractivity contribution in [3.63, 3.8) is 0 Å². The van der Waals surface area contributed by atoms with Crippen molar-refractivity contribution in [3.05, 3.63) is 96.9 Å². The minimum Gasteiger partial charge on any atom is -0.475 e. The largest absolute Gasteiger partial charge is 0.490 e. The SMILES string of the molecule is C[Si](C)(C)CCOCn1ccc2c(-c3cnn(C(CC#N)[C@H]4CCN(c5nc6c(cc5F)CCS6)C4)c3)ncnc21.N#CC[C@@H]([C@H]1CCN(c2nc3c(cc2F)CCS3)C1)n1cc(-c2ncnc3[nH]ccc23)cn1.O=C(O)C(F)(F)F.O=C(O)C(F)(F)F. The van der Waals surface area contributed by atoms with Crippen LogP contribution >= 0.6 is 23.5 Å². The summed E-state index contributed by atoms with van der Waals surface area (Å²) >= 11 is 3.38. The molecule has 88 heavy (non-hydrogen) atoms. The number of aryl methyl sites for hydroxylation is 2. The normalized spacial score (nSPS) is 17.0. The molecule has 1 unspecified atom stereocenters. The van der Waals surface area contributed by atoms with Gasteiger partial charge in [-0.15, -0.1) is 23.5 Å². The molecule has 0 aliphatic carbocycles.